The highest BCUT2D eigenvalue weighted by molar-refractivity contribution is 5.36. The Morgan fingerprint density at radius 3 is 2.62 bits per heavy atom. The molecule has 136 valence electrons. The predicted molar refractivity (Wildman–Crippen MR) is 96.8 cm³/mol. The van der Waals surface area contributed by atoms with Gasteiger partial charge in [-0.3, -0.25) is 15.0 Å². The Labute approximate surface area is 152 Å². The maximum Gasteiger partial charge on any atom is 0.269 e. The first-order valence-electron chi connectivity index (χ1n) is 8.16. The van der Waals surface area contributed by atoms with Crippen molar-refractivity contribution in [3.8, 4) is 11.8 Å². The number of nitro groups is 1. The van der Waals surface area contributed by atoms with E-state index in [-0.39, 0.29) is 18.3 Å². The molecule has 0 heterocycles. The van der Waals surface area contributed by atoms with Crippen molar-refractivity contribution in [2.75, 3.05) is 20.2 Å². The second-order valence-corrected chi connectivity index (χ2v) is 6.07. The van der Waals surface area contributed by atoms with Crippen LogP contribution in [0.3, 0.4) is 0 Å². The Morgan fingerprint density at radius 2 is 2.00 bits per heavy atom. The third-order valence-electron chi connectivity index (χ3n) is 4.15. The van der Waals surface area contributed by atoms with Gasteiger partial charge in [0.1, 0.15) is 18.5 Å². The smallest absolute Gasteiger partial charge is 0.269 e. The minimum absolute atomic E-state index is 0.0486. The van der Waals surface area contributed by atoms with Gasteiger partial charge in [-0.05, 0) is 43.8 Å². The quantitative estimate of drug-likeness (QED) is 0.577. The molecule has 2 unspecified atom stereocenters. The van der Waals surface area contributed by atoms with Crippen LogP contribution in [0.1, 0.15) is 24.1 Å². The van der Waals surface area contributed by atoms with Crippen molar-refractivity contribution in [1.82, 2.24) is 4.90 Å². The van der Waals surface area contributed by atoms with Crippen molar-refractivity contribution in [2.45, 2.75) is 19.1 Å². The molecule has 2 aromatic rings. The first-order chi connectivity index (χ1) is 12.4. The summed E-state index contributed by atoms with van der Waals surface area (Å²) in [4.78, 5) is 12.4. The van der Waals surface area contributed by atoms with Crippen LogP contribution >= 0.6 is 0 Å². The third kappa shape index (κ3) is 5.28. The molecule has 0 amide bonds. The number of ether oxygens (including phenoxy) is 1. The molecule has 0 bridgehead atoms. The van der Waals surface area contributed by atoms with Gasteiger partial charge in [-0.15, -0.1) is 0 Å². The summed E-state index contributed by atoms with van der Waals surface area (Å²) in [6, 6.07) is 15.1. The number of hydrogen-bond donors (Lipinski definition) is 1. The van der Waals surface area contributed by atoms with Gasteiger partial charge in [0.15, 0.2) is 0 Å². The van der Waals surface area contributed by atoms with Crippen LogP contribution in [0.25, 0.3) is 0 Å². The summed E-state index contributed by atoms with van der Waals surface area (Å²) < 4.78 is 5.53. The topological polar surface area (TPSA) is 99.6 Å². The number of nitriles is 1. The van der Waals surface area contributed by atoms with E-state index in [1.165, 1.54) is 6.07 Å². The molecular formula is C19H21N3O4. The van der Waals surface area contributed by atoms with E-state index in [4.69, 9.17) is 10.00 Å². The lowest BCUT2D eigenvalue weighted by Crippen LogP contribution is -2.34. The Kier molecular flexibility index (Phi) is 6.67. The van der Waals surface area contributed by atoms with Crippen molar-refractivity contribution >= 4 is 5.69 Å². The van der Waals surface area contributed by atoms with E-state index in [1.807, 2.05) is 31.0 Å². The monoisotopic (exact) mass is 355 g/mol. The zero-order chi connectivity index (χ0) is 19.1. The standard InChI is InChI=1S/C19H21N3O4/c1-14(16-4-3-5-17(10-16)22(24)25)21(2)12-18(23)13-26-19-8-6-15(11-20)7-9-19/h3-10,14,18,23H,12-13H2,1-2H3. The van der Waals surface area contributed by atoms with Crippen molar-refractivity contribution in [2.24, 2.45) is 0 Å². The minimum atomic E-state index is -0.725. The van der Waals surface area contributed by atoms with Crippen LogP contribution in [-0.2, 0) is 0 Å². The lowest BCUT2D eigenvalue weighted by molar-refractivity contribution is -0.384. The highest BCUT2D eigenvalue weighted by Crippen LogP contribution is 2.23. The summed E-state index contributed by atoms with van der Waals surface area (Å²) in [7, 11) is 1.84. The van der Waals surface area contributed by atoms with Gasteiger partial charge in [-0.25, -0.2) is 0 Å². The summed E-state index contributed by atoms with van der Waals surface area (Å²) in [5, 5.41) is 29.9. The van der Waals surface area contributed by atoms with E-state index in [0.29, 0.717) is 17.9 Å². The average molecular weight is 355 g/mol. The number of rotatable bonds is 8. The molecule has 2 atom stereocenters. The summed E-state index contributed by atoms with van der Waals surface area (Å²) in [6.45, 7) is 2.38. The van der Waals surface area contributed by atoms with Crippen LogP contribution in [0, 0.1) is 21.4 Å². The highest BCUT2D eigenvalue weighted by atomic mass is 16.6. The molecule has 7 nitrogen and oxygen atoms in total. The first kappa shape index (κ1) is 19.4. The Hall–Kier alpha value is -2.95. The fourth-order valence-corrected chi connectivity index (χ4v) is 2.51. The third-order valence-corrected chi connectivity index (χ3v) is 4.15. The normalized spacial score (nSPS) is 13.0. The number of aliphatic hydroxyl groups is 1. The maximum absolute atomic E-state index is 10.9. The van der Waals surface area contributed by atoms with Crippen molar-refractivity contribution in [1.29, 1.82) is 5.26 Å². The van der Waals surface area contributed by atoms with Crippen LogP contribution < -0.4 is 4.74 Å². The van der Waals surface area contributed by atoms with Crippen molar-refractivity contribution in [3.63, 3.8) is 0 Å². The van der Waals surface area contributed by atoms with E-state index >= 15 is 0 Å². The van der Waals surface area contributed by atoms with Gasteiger partial charge < -0.3 is 9.84 Å². The Balaban J connectivity index is 1.89. The molecule has 0 spiro atoms. The Morgan fingerprint density at radius 1 is 1.31 bits per heavy atom. The van der Waals surface area contributed by atoms with Crippen LogP contribution in [0.4, 0.5) is 5.69 Å². The summed E-state index contributed by atoms with van der Waals surface area (Å²) in [5.41, 5.74) is 1.40. The maximum atomic E-state index is 10.9. The van der Waals surface area contributed by atoms with Crippen molar-refractivity contribution in [3.05, 3.63) is 69.8 Å². The van der Waals surface area contributed by atoms with E-state index in [0.717, 1.165) is 5.56 Å². The zero-order valence-electron chi connectivity index (χ0n) is 14.7. The molecular weight excluding hydrogens is 334 g/mol. The predicted octanol–water partition coefficient (Wildman–Crippen LogP) is 2.90. The summed E-state index contributed by atoms with van der Waals surface area (Å²) >= 11 is 0. The second-order valence-electron chi connectivity index (χ2n) is 6.07. The number of likely N-dealkylation sites (N-methyl/N-ethyl adjacent to an activating group) is 1. The molecule has 2 rings (SSSR count). The van der Waals surface area contributed by atoms with Gasteiger partial charge in [-0.1, -0.05) is 12.1 Å². The second kappa shape index (κ2) is 8.94. The van der Waals surface area contributed by atoms with Crippen LogP contribution in [0.15, 0.2) is 48.5 Å². The van der Waals surface area contributed by atoms with E-state index in [9.17, 15) is 15.2 Å². The molecule has 1 N–H and O–H groups in total. The number of hydrogen-bond acceptors (Lipinski definition) is 6. The fraction of sp³-hybridized carbons (Fsp3) is 0.316. The van der Waals surface area contributed by atoms with E-state index in [1.54, 1.807) is 36.4 Å². The van der Waals surface area contributed by atoms with Crippen LogP contribution in [0.2, 0.25) is 0 Å². The molecule has 7 heteroatoms. The first-order valence-corrected chi connectivity index (χ1v) is 8.16. The molecule has 0 aromatic heterocycles. The van der Waals surface area contributed by atoms with E-state index < -0.39 is 11.0 Å². The van der Waals surface area contributed by atoms with Gasteiger partial charge in [0.05, 0.1) is 16.6 Å². The number of benzene rings is 2. The highest BCUT2D eigenvalue weighted by Gasteiger charge is 2.18. The average Bonchev–Trinajstić information content (AvgIpc) is 2.66. The van der Waals surface area contributed by atoms with Gasteiger partial charge in [0.2, 0.25) is 0 Å². The number of aliphatic hydroxyl groups excluding tert-OH is 1. The van der Waals surface area contributed by atoms with Gasteiger partial charge in [0, 0.05) is 24.7 Å². The number of nitrogens with zero attached hydrogens (tertiary/aromatic N) is 3. The lowest BCUT2D eigenvalue weighted by Gasteiger charge is -2.27. The largest absolute Gasteiger partial charge is 0.491 e. The molecule has 0 radical (unpaired) electrons. The molecule has 0 saturated carbocycles. The number of non-ortho nitro benzene ring substituents is 1. The zero-order valence-corrected chi connectivity index (χ0v) is 14.7. The molecule has 0 aliphatic rings. The molecule has 0 aliphatic carbocycles. The SMILES string of the molecule is CC(c1cccc([N+](=O)[O-])c1)N(C)CC(O)COc1ccc(C#N)cc1. The van der Waals surface area contributed by atoms with Crippen LogP contribution in [-0.4, -0.2) is 41.2 Å². The van der Waals surface area contributed by atoms with Crippen molar-refractivity contribution < 1.29 is 14.8 Å². The van der Waals surface area contributed by atoms with Gasteiger partial charge in [0.25, 0.3) is 5.69 Å². The molecule has 0 aliphatic heterocycles. The summed E-state index contributed by atoms with van der Waals surface area (Å²) in [5.74, 6) is 0.581. The van der Waals surface area contributed by atoms with Gasteiger partial charge in [-0.2, -0.15) is 5.26 Å². The summed E-state index contributed by atoms with van der Waals surface area (Å²) in [6.07, 6.45) is -0.725. The molecule has 2 aromatic carbocycles. The Bertz CT molecular complexity index is 786. The van der Waals surface area contributed by atoms with Gasteiger partial charge >= 0.3 is 0 Å². The van der Waals surface area contributed by atoms with E-state index in [2.05, 4.69) is 0 Å². The molecule has 0 fully saturated rings. The number of nitro benzene ring substituents is 1. The molecule has 26 heavy (non-hydrogen) atoms. The molecule has 0 saturated heterocycles. The minimum Gasteiger partial charge on any atom is -0.491 e. The fourth-order valence-electron chi connectivity index (χ4n) is 2.51. The lowest BCUT2D eigenvalue weighted by atomic mass is 10.1. The van der Waals surface area contributed by atoms with Crippen LogP contribution in [0.5, 0.6) is 5.75 Å².